The van der Waals surface area contributed by atoms with Crippen LogP contribution in [0.5, 0.6) is 0 Å². The minimum Gasteiger partial charge on any atom is -0.462 e. The molecule has 5 heteroatoms. The zero-order chi connectivity index (χ0) is 59.8. The van der Waals surface area contributed by atoms with Gasteiger partial charge < -0.3 is 14.6 Å². The lowest BCUT2D eigenvalue weighted by Gasteiger charge is -2.15. The van der Waals surface area contributed by atoms with Crippen LogP contribution in [0.3, 0.4) is 0 Å². The van der Waals surface area contributed by atoms with E-state index in [1.54, 1.807) is 0 Å². The molecule has 0 aliphatic heterocycles. The third-order valence-electron chi connectivity index (χ3n) is 17.7. The second kappa shape index (κ2) is 74.4. The van der Waals surface area contributed by atoms with Gasteiger partial charge in [0.05, 0.1) is 6.61 Å². The number of carbonyl (C=O) groups is 2. The van der Waals surface area contributed by atoms with Crippen molar-refractivity contribution in [1.29, 1.82) is 0 Å². The van der Waals surface area contributed by atoms with Gasteiger partial charge in [0.25, 0.3) is 0 Å². The van der Waals surface area contributed by atoms with Crippen LogP contribution in [0.2, 0.25) is 0 Å². The fourth-order valence-electron chi connectivity index (χ4n) is 12.0. The summed E-state index contributed by atoms with van der Waals surface area (Å²) in [7, 11) is 0. The van der Waals surface area contributed by atoms with Gasteiger partial charge in [0.1, 0.15) is 6.61 Å². The molecule has 1 atom stereocenters. The number of hydrogen-bond donors (Lipinski definition) is 1. The van der Waals surface area contributed by atoms with E-state index in [0.717, 1.165) is 44.9 Å². The van der Waals surface area contributed by atoms with E-state index in [-0.39, 0.29) is 25.2 Å². The maximum atomic E-state index is 12.4. The van der Waals surface area contributed by atoms with E-state index >= 15 is 0 Å². The molecule has 0 rings (SSSR count). The Morgan fingerprint density at radius 3 is 0.723 bits per heavy atom. The molecule has 0 bridgehead atoms. The Morgan fingerprint density at radius 2 is 0.482 bits per heavy atom. The number of carbonyl (C=O) groups excluding carboxylic acids is 2. The van der Waals surface area contributed by atoms with Gasteiger partial charge in [-0.25, -0.2) is 0 Å². The van der Waals surface area contributed by atoms with Crippen molar-refractivity contribution in [3.8, 4) is 0 Å². The molecule has 1 unspecified atom stereocenters. The smallest absolute Gasteiger partial charge is 0.306 e. The van der Waals surface area contributed by atoms with Crippen LogP contribution < -0.4 is 0 Å². The molecule has 5 nitrogen and oxygen atoms in total. The van der Waals surface area contributed by atoms with Crippen molar-refractivity contribution in [3.05, 3.63) is 36.5 Å². The molecule has 490 valence electrons. The van der Waals surface area contributed by atoms with E-state index < -0.39 is 6.10 Å². The molecule has 83 heavy (non-hydrogen) atoms. The van der Waals surface area contributed by atoms with E-state index in [4.69, 9.17) is 9.47 Å². The highest BCUT2D eigenvalue weighted by molar-refractivity contribution is 5.70. The predicted molar refractivity (Wildman–Crippen MR) is 367 cm³/mol. The number of hydrogen-bond acceptors (Lipinski definition) is 5. The highest BCUT2D eigenvalue weighted by atomic mass is 16.6. The summed E-state index contributed by atoms with van der Waals surface area (Å²) in [5.41, 5.74) is 0. The summed E-state index contributed by atoms with van der Waals surface area (Å²) in [4.78, 5) is 24.7. The molecule has 0 aliphatic rings. The van der Waals surface area contributed by atoms with Crippen molar-refractivity contribution in [2.45, 2.75) is 437 Å². The van der Waals surface area contributed by atoms with Crippen LogP contribution in [-0.4, -0.2) is 36.4 Å². The van der Waals surface area contributed by atoms with Gasteiger partial charge in [0, 0.05) is 12.8 Å². The summed E-state index contributed by atoms with van der Waals surface area (Å²) in [6.07, 6.45) is 99.3. The fraction of sp³-hybridized carbons (Fsp3) is 0.897. The molecule has 0 spiro atoms. The highest BCUT2D eigenvalue weighted by Gasteiger charge is 2.16. The first-order valence-corrected chi connectivity index (χ1v) is 38.0. The first kappa shape index (κ1) is 81.1. The van der Waals surface area contributed by atoms with Gasteiger partial charge >= 0.3 is 11.9 Å². The van der Waals surface area contributed by atoms with Crippen LogP contribution in [0.15, 0.2) is 36.5 Å². The zero-order valence-corrected chi connectivity index (χ0v) is 56.5. The summed E-state index contributed by atoms with van der Waals surface area (Å²) >= 11 is 0. The Labute approximate surface area is 520 Å². The van der Waals surface area contributed by atoms with E-state index in [9.17, 15) is 14.7 Å². The Hall–Kier alpha value is -1.88. The summed E-state index contributed by atoms with van der Waals surface area (Å²) in [6.45, 7) is 4.20. The van der Waals surface area contributed by atoms with Crippen molar-refractivity contribution in [2.24, 2.45) is 0 Å². The summed E-state index contributed by atoms with van der Waals surface area (Å²) in [5, 5.41) is 9.72. The topological polar surface area (TPSA) is 72.8 Å². The highest BCUT2D eigenvalue weighted by Crippen LogP contribution is 2.20. The average molecular weight is 1170 g/mol. The van der Waals surface area contributed by atoms with E-state index in [1.165, 1.54) is 360 Å². The molecule has 0 aliphatic carbocycles. The largest absolute Gasteiger partial charge is 0.462 e. The molecule has 0 aromatic rings. The van der Waals surface area contributed by atoms with Crippen molar-refractivity contribution >= 4 is 11.9 Å². The van der Waals surface area contributed by atoms with E-state index in [2.05, 4.69) is 50.3 Å². The van der Waals surface area contributed by atoms with Gasteiger partial charge in [-0.15, -0.1) is 0 Å². The van der Waals surface area contributed by atoms with Crippen LogP contribution in [0.1, 0.15) is 431 Å². The number of aliphatic hydroxyl groups excluding tert-OH is 1. The Kier molecular flexibility index (Phi) is 72.7. The van der Waals surface area contributed by atoms with Gasteiger partial charge in [-0.3, -0.25) is 9.59 Å². The maximum Gasteiger partial charge on any atom is 0.306 e. The quantitative estimate of drug-likeness (QED) is 0.0373. The second-order valence-corrected chi connectivity index (χ2v) is 26.1. The van der Waals surface area contributed by atoms with E-state index in [1.807, 2.05) is 0 Å². The second-order valence-electron chi connectivity index (χ2n) is 26.1. The molecule has 0 fully saturated rings. The number of unbranched alkanes of at least 4 members (excludes halogenated alkanes) is 58. The van der Waals surface area contributed by atoms with Gasteiger partial charge in [0.15, 0.2) is 6.10 Å². The number of ether oxygens (including phenoxy) is 2. The molecular formula is C78H148O5. The van der Waals surface area contributed by atoms with Crippen LogP contribution in [-0.2, 0) is 19.1 Å². The van der Waals surface area contributed by atoms with Gasteiger partial charge in [-0.2, -0.15) is 0 Å². The lowest BCUT2D eigenvalue weighted by Crippen LogP contribution is -2.28. The Balaban J connectivity index is 3.36. The molecule has 0 radical (unpaired) electrons. The predicted octanol–water partition coefficient (Wildman–Crippen LogP) is 26.5. The number of allylic oxidation sites excluding steroid dienone is 6. The van der Waals surface area contributed by atoms with Crippen LogP contribution in [0.4, 0.5) is 0 Å². The Morgan fingerprint density at radius 1 is 0.277 bits per heavy atom. The molecule has 0 saturated carbocycles. The first-order valence-electron chi connectivity index (χ1n) is 38.0. The van der Waals surface area contributed by atoms with Crippen molar-refractivity contribution in [3.63, 3.8) is 0 Å². The van der Waals surface area contributed by atoms with Gasteiger partial charge in [-0.05, 0) is 51.4 Å². The minimum absolute atomic E-state index is 0.0577. The molecule has 0 heterocycles. The molecular weight excluding hydrogens is 1020 g/mol. The van der Waals surface area contributed by atoms with Crippen molar-refractivity contribution in [2.75, 3.05) is 13.2 Å². The lowest BCUT2D eigenvalue weighted by molar-refractivity contribution is -0.161. The third kappa shape index (κ3) is 72.5. The zero-order valence-electron chi connectivity index (χ0n) is 56.5. The Bertz CT molecular complexity index is 1320. The minimum atomic E-state index is -0.769. The fourth-order valence-corrected chi connectivity index (χ4v) is 12.0. The monoisotopic (exact) mass is 1170 g/mol. The van der Waals surface area contributed by atoms with Crippen LogP contribution in [0, 0.1) is 0 Å². The first-order chi connectivity index (χ1) is 41.1. The summed E-state index contributed by atoms with van der Waals surface area (Å²) in [6, 6.07) is 0. The molecule has 0 aromatic heterocycles. The maximum absolute atomic E-state index is 12.4. The van der Waals surface area contributed by atoms with Gasteiger partial charge in [-0.1, -0.05) is 403 Å². The normalized spacial score (nSPS) is 12.3. The van der Waals surface area contributed by atoms with E-state index in [0.29, 0.717) is 12.8 Å². The van der Waals surface area contributed by atoms with Crippen molar-refractivity contribution in [1.82, 2.24) is 0 Å². The lowest BCUT2D eigenvalue weighted by atomic mass is 10.0. The SMILES string of the molecule is CCCCCCC/C=C\C/C=C\C/C=C\CCCCCCCCCCCCCCCCCCCCCCCCCCC(=O)OC(CO)COC(=O)CCCCCCCCCCCCCCCCCCCCCCCCCCCCCCCC. The molecule has 1 N–H and O–H groups in total. The third-order valence-corrected chi connectivity index (χ3v) is 17.7. The van der Waals surface area contributed by atoms with Crippen molar-refractivity contribution < 1.29 is 24.2 Å². The number of aliphatic hydroxyl groups is 1. The van der Waals surface area contributed by atoms with Crippen LogP contribution in [0.25, 0.3) is 0 Å². The average Bonchev–Trinajstić information content (AvgIpc) is 3.49. The number of esters is 2. The summed E-state index contributed by atoms with van der Waals surface area (Å²) < 4.78 is 10.8. The standard InChI is InChI=1S/C78H148O5/c1-3-5-7-9-11-13-15-17-19-21-23-25-27-29-31-33-35-36-37-38-39-40-41-42-43-45-47-49-51-53-55-57-59-61-63-65-67-69-71-73-78(81)83-76(74-79)75-82-77(80)72-70-68-66-64-62-60-58-56-54-52-50-48-46-44-34-32-30-28-26-24-22-20-18-16-14-12-10-8-6-4-2/h15,17,21,23,27,29,76,79H,3-14,16,18-20,22,24-26,28,30-75H2,1-2H3/b17-15-,23-21-,29-27-. The molecule has 0 amide bonds. The van der Waals surface area contributed by atoms with Gasteiger partial charge in [0.2, 0.25) is 0 Å². The molecule has 0 aromatic carbocycles. The van der Waals surface area contributed by atoms with Crippen LogP contribution >= 0.6 is 0 Å². The number of rotatable bonds is 72. The summed E-state index contributed by atoms with van der Waals surface area (Å²) in [5.74, 6) is -0.561. The molecule has 0 saturated heterocycles.